The summed E-state index contributed by atoms with van der Waals surface area (Å²) in [7, 11) is 0. The lowest BCUT2D eigenvalue weighted by atomic mass is 10.00. The van der Waals surface area contributed by atoms with Gasteiger partial charge < -0.3 is 9.84 Å². The van der Waals surface area contributed by atoms with Crippen LogP contribution in [0.3, 0.4) is 0 Å². The number of aromatic nitrogens is 2. The molecule has 1 aliphatic heterocycles. The topological polar surface area (TPSA) is 51.0 Å². The normalized spacial score (nSPS) is 39.2. The molecule has 1 saturated heterocycles. The third-order valence-corrected chi connectivity index (χ3v) is 3.02. The molecule has 3 rings (SSSR count). The van der Waals surface area contributed by atoms with Crippen LogP contribution in [0.15, 0.2) is 10.9 Å². The van der Waals surface area contributed by atoms with E-state index in [1.807, 2.05) is 0 Å². The minimum atomic E-state index is 0.363. The predicted molar refractivity (Wildman–Crippen MR) is 41.3 cm³/mol. The fourth-order valence-electron chi connectivity index (χ4n) is 2.46. The molecule has 2 bridgehead atoms. The van der Waals surface area contributed by atoms with Gasteiger partial charge in [0.2, 0.25) is 6.39 Å². The number of nitrogens with zero attached hydrogens (tertiary/aromatic N) is 2. The molecule has 1 aliphatic carbocycles. The standard InChI is InChI=1S/C8H11N3O/c1-2-6-3-5(1)7(10-6)8-9-4-12-11-8/h4-7,10H,1-3H2. The zero-order valence-electron chi connectivity index (χ0n) is 6.73. The van der Waals surface area contributed by atoms with Crippen molar-refractivity contribution in [2.45, 2.75) is 31.3 Å². The lowest BCUT2D eigenvalue weighted by Crippen LogP contribution is -2.29. The van der Waals surface area contributed by atoms with Gasteiger partial charge in [0, 0.05) is 6.04 Å². The maximum Gasteiger partial charge on any atom is 0.213 e. The van der Waals surface area contributed by atoms with Gasteiger partial charge in [-0.05, 0) is 25.2 Å². The number of rotatable bonds is 1. The Morgan fingerprint density at radius 2 is 2.50 bits per heavy atom. The van der Waals surface area contributed by atoms with Crippen LogP contribution in [0.25, 0.3) is 0 Å². The zero-order chi connectivity index (χ0) is 7.97. The molecule has 3 unspecified atom stereocenters. The molecular weight excluding hydrogens is 154 g/mol. The second-order valence-corrected chi connectivity index (χ2v) is 3.70. The van der Waals surface area contributed by atoms with E-state index in [2.05, 4.69) is 15.5 Å². The molecule has 0 amide bonds. The summed E-state index contributed by atoms with van der Waals surface area (Å²) >= 11 is 0. The van der Waals surface area contributed by atoms with Gasteiger partial charge in [0.25, 0.3) is 0 Å². The van der Waals surface area contributed by atoms with E-state index in [1.165, 1.54) is 25.7 Å². The predicted octanol–water partition coefficient (Wildman–Crippen LogP) is 0.883. The molecular formula is C8H11N3O. The van der Waals surface area contributed by atoms with Gasteiger partial charge in [0.15, 0.2) is 5.82 Å². The van der Waals surface area contributed by atoms with E-state index in [9.17, 15) is 0 Å². The molecule has 2 heterocycles. The minimum absolute atomic E-state index is 0.363. The van der Waals surface area contributed by atoms with Gasteiger partial charge in [-0.2, -0.15) is 4.98 Å². The molecule has 0 aromatic carbocycles. The van der Waals surface area contributed by atoms with E-state index in [1.54, 1.807) is 0 Å². The second kappa shape index (κ2) is 2.29. The third-order valence-electron chi connectivity index (χ3n) is 3.02. The van der Waals surface area contributed by atoms with Crippen LogP contribution in [0.5, 0.6) is 0 Å². The first-order valence-electron chi connectivity index (χ1n) is 4.46. The largest absolute Gasteiger partial charge is 0.343 e. The van der Waals surface area contributed by atoms with E-state index in [0.717, 1.165) is 11.7 Å². The van der Waals surface area contributed by atoms with Crippen LogP contribution >= 0.6 is 0 Å². The lowest BCUT2D eigenvalue weighted by Gasteiger charge is -2.19. The van der Waals surface area contributed by atoms with Gasteiger partial charge in [0.1, 0.15) is 0 Å². The van der Waals surface area contributed by atoms with Crippen LogP contribution < -0.4 is 5.32 Å². The van der Waals surface area contributed by atoms with E-state index in [-0.39, 0.29) is 0 Å². The third kappa shape index (κ3) is 0.813. The highest BCUT2D eigenvalue weighted by Gasteiger charge is 2.41. The zero-order valence-corrected chi connectivity index (χ0v) is 6.73. The maximum atomic E-state index is 4.73. The smallest absolute Gasteiger partial charge is 0.213 e. The van der Waals surface area contributed by atoms with E-state index >= 15 is 0 Å². The molecule has 0 radical (unpaired) electrons. The maximum absolute atomic E-state index is 4.73. The summed E-state index contributed by atoms with van der Waals surface area (Å²) in [5.74, 6) is 1.58. The Morgan fingerprint density at radius 1 is 1.50 bits per heavy atom. The highest BCUT2D eigenvalue weighted by molar-refractivity contribution is 5.04. The van der Waals surface area contributed by atoms with E-state index in [4.69, 9.17) is 4.52 Å². The number of nitrogens with one attached hydrogen (secondary N) is 1. The van der Waals surface area contributed by atoms with Crippen molar-refractivity contribution in [2.75, 3.05) is 0 Å². The number of piperidine rings is 1. The molecule has 2 aliphatic rings. The summed E-state index contributed by atoms with van der Waals surface area (Å²) in [6.45, 7) is 0. The first-order valence-corrected chi connectivity index (χ1v) is 4.46. The summed E-state index contributed by atoms with van der Waals surface area (Å²) < 4.78 is 4.73. The van der Waals surface area contributed by atoms with Crippen LogP contribution in [0.1, 0.15) is 31.1 Å². The van der Waals surface area contributed by atoms with Crippen LogP contribution in [-0.2, 0) is 0 Å². The number of hydrogen-bond donors (Lipinski definition) is 1. The molecule has 4 nitrogen and oxygen atoms in total. The fourth-order valence-corrected chi connectivity index (χ4v) is 2.46. The molecule has 1 saturated carbocycles. The van der Waals surface area contributed by atoms with Gasteiger partial charge in [-0.15, -0.1) is 0 Å². The van der Waals surface area contributed by atoms with Crippen LogP contribution in [0, 0.1) is 5.92 Å². The Bertz CT molecular complexity index is 272. The van der Waals surface area contributed by atoms with Crippen molar-refractivity contribution in [2.24, 2.45) is 5.92 Å². The van der Waals surface area contributed by atoms with Crippen molar-refractivity contribution in [3.63, 3.8) is 0 Å². The Hall–Kier alpha value is -0.900. The molecule has 2 fully saturated rings. The van der Waals surface area contributed by atoms with Crippen LogP contribution in [-0.4, -0.2) is 16.2 Å². The van der Waals surface area contributed by atoms with Gasteiger partial charge in [-0.1, -0.05) is 5.16 Å². The molecule has 1 aromatic rings. The van der Waals surface area contributed by atoms with Gasteiger partial charge in [0.05, 0.1) is 6.04 Å². The number of fused-ring (bicyclic) bond motifs is 2. The van der Waals surface area contributed by atoms with Gasteiger partial charge in [-0.25, -0.2) is 0 Å². The number of hydrogen-bond acceptors (Lipinski definition) is 4. The molecule has 12 heavy (non-hydrogen) atoms. The molecule has 3 atom stereocenters. The van der Waals surface area contributed by atoms with E-state index < -0.39 is 0 Å². The second-order valence-electron chi connectivity index (χ2n) is 3.70. The summed E-state index contributed by atoms with van der Waals surface area (Å²) in [6, 6.07) is 1.07. The summed E-state index contributed by atoms with van der Waals surface area (Å²) in [6.07, 6.45) is 5.33. The summed E-state index contributed by atoms with van der Waals surface area (Å²) in [4.78, 5) is 4.08. The molecule has 1 aromatic heterocycles. The van der Waals surface area contributed by atoms with Crippen molar-refractivity contribution in [1.29, 1.82) is 0 Å². The Labute approximate surface area is 70.3 Å². The summed E-state index contributed by atoms with van der Waals surface area (Å²) in [5, 5.41) is 7.38. The highest BCUT2D eigenvalue weighted by atomic mass is 16.5. The highest BCUT2D eigenvalue weighted by Crippen LogP contribution is 2.41. The SMILES string of the molecule is c1nc(C2NC3CCC2C3)no1. The van der Waals surface area contributed by atoms with Crippen molar-refractivity contribution in [3.05, 3.63) is 12.2 Å². The van der Waals surface area contributed by atoms with Crippen LogP contribution in [0.2, 0.25) is 0 Å². The molecule has 4 heteroatoms. The van der Waals surface area contributed by atoms with Crippen molar-refractivity contribution in [1.82, 2.24) is 15.5 Å². The quantitative estimate of drug-likeness (QED) is 0.671. The fraction of sp³-hybridized carbons (Fsp3) is 0.750. The molecule has 64 valence electrons. The Kier molecular flexibility index (Phi) is 1.26. The lowest BCUT2D eigenvalue weighted by molar-refractivity contribution is 0.350. The van der Waals surface area contributed by atoms with Gasteiger partial charge >= 0.3 is 0 Å². The van der Waals surface area contributed by atoms with Crippen LogP contribution in [0.4, 0.5) is 0 Å². The Morgan fingerprint density at radius 3 is 3.08 bits per heavy atom. The monoisotopic (exact) mass is 165 g/mol. The average Bonchev–Trinajstić information content (AvgIpc) is 2.81. The van der Waals surface area contributed by atoms with Crippen molar-refractivity contribution >= 4 is 0 Å². The first-order chi connectivity index (χ1) is 5.93. The first kappa shape index (κ1) is 6.60. The Balaban J connectivity index is 1.87. The molecule has 1 N–H and O–H groups in total. The van der Waals surface area contributed by atoms with E-state index in [0.29, 0.717) is 12.1 Å². The average molecular weight is 165 g/mol. The van der Waals surface area contributed by atoms with Crippen molar-refractivity contribution < 1.29 is 4.52 Å². The minimum Gasteiger partial charge on any atom is -0.343 e. The van der Waals surface area contributed by atoms with Crippen molar-refractivity contribution in [3.8, 4) is 0 Å². The van der Waals surface area contributed by atoms with Gasteiger partial charge in [-0.3, -0.25) is 0 Å². The molecule has 0 spiro atoms. The summed E-state index contributed by atoms with van der Waals surface area (Å²) in [5.41, 5.74) is 0.